The third kappa shape index (κ3) is 2.90. The predicted octanol–water partition coefficient (Wildman–Crippen LogP) is 3.23. The summed E-state index contributed by atoms with van der Waals surface area (Å²) in [4.78, 5) is 23.4. The first-order valence-electron chi connectivity index (χ1n) is 8.54. The number of halogens is 1. The molecule has 1 aliphatic heterocycles. The Hall–Kier alpha value is -3.61. The molecule has 2 aromatic carbocycles. The minimum Gasteiger partial charge on any atom is -0.507 e. The number of rotatable bonds is 4. The molecule has 0 aliphatic carbocycles. The van der Waals surface area contributed by atoms with Gasteiger partial charge in [-0.1, -0.05) is 18.2 Å². The average Bonchev–Trinajstić information content (AvgIpc) is 3.24. The number of benzene rings is 2. The summed E-state index contributed by atoms with van der Waals surface area (Å²) in [5.74, 6) is -1.97. The summed E-state index contributed by atoms with van der Waals surface area (Å²) in [6.45, 7) is 0.138. The summed E-state index contributed by atoms with van der Waals surface area (Å²) < 4.78 is 25.2. The zero-order valence-electron chi connectivity index (χ0n) is 14.9. The minimum absolute atomic E-state index is 0.0864. The number of aromatic nitrogens is 1. The van der Waals surface area contributed by atoms with Crippen LogP contribution in [0.3, 0.4) is 0 Å². The second-order valence-corrected chi connectivity index (χ2v) is 6.38. The second-order valence-electron chi connectivity index (χ2n) is 6.38. The number of ether oxygens (including phenoxy) is 2. The molecule has 2 heterocycles. The molecule has 1 fully saturated rings. The van der Waals surface area contributed by atoms with Crippen LogP contribution in [-0.4, -0.2) is 35.1 Å². The number of fused-ring (bicyclic) bond motifs is 1. The van der Waals surface area contributed by atoms with Crippen molar-refractivity contribution in [2.75, 3.05) is 13.7 Å². The fourth-order valence-corrected chi connectivity index (χ4v) is 3.32. The number of carbonyl (C=O) groups excluding carboxylic acids is 2. The summed E-state index contributed by atoms with van der Waals surface area (Å²) in [5.41, 5.74) is 1.88. The van der Waals surface area contributed by atoms with Crippen LogP contribution in [0.15, 0.2) is 54.2 Å². The van der Waals surface area contributed by atoms with Crippen LogP contribution in [0, 0.1) is 5.82 Å². The van der Waals surface area contributed by atoms with Crippen molar-refractivity contribution in [2.45, 2.75) is 6.54 Å². The minimum atomic E-state index is -0.983. The van der Waals surface area contributed by atoms with E-state index in [9.17, 15) is 19.1 Å². The van der Waals surface area contributed by atoms with Crippen LogP contribution < -0.4 is 4.74 Å². The largest absolute Gasteiger partial charge is 0.507 e. The van der Waals surface area contributed by atoms with Crippen molar-refractivity contribution < 1.29 is 28.6 Å². The van der Waals surface area contributed by atoms with Crippen LogP contribution in [0.4, 0.5) is 4.39 Å². The van der Waals surface area contributed by atoms with Crippen LogP contribution in [-0.2, 0) is 20.9 Å². The van der Waals surface area contributed by atoms with Crippen LogP contribution in [0.25, 0.3) is 16.7 Å². The number of Topliss-reactive ketones (excluding diaryl/α,β-unsaturated/α-hetero) is 1. The van der Waals surface area contributed by atoms with Crippen molar-refractivity contribution >= 4 is 28.4 Å². The highest BCUT2D eigenvalue weighted by Gasteiger charge is 2.33. The molecule has 3 aromatic rings. The van der Waals surface area contributed by atoms with Crippen molar-refractivity contribution in [3.8, 4) is 5.75 Å². The summed E-state index contributed by atoms with van der Waals surface area (Å²) in [7, 11) is 1.51. The van der Waals surface area contributed by atoms with E-state index < -0.39 is 11.8 Å². The van der Waals surface area contributed by atoms with Gasteiger partial charge in [0.25, 0.3) is 5.78 Å². The van der Waals surface area contributed by atoms with Crippen molar-refractivity contribution in [1.82, 2.24) is 4.57 Å². The number of aliphatic hydroxyl groups excluding tert-OH is 1. The van der Waals surface area contributed by atoms with E-state index in [0.717, 1.165) is 11.1 Å². The Morgan fingerprint density at radius 2 is 1.96 bits per heavy atom. The highest BCUT2D eigenvalue weighted by molar-refractivity contribution is 6.43. The van der Waals surface area contributed by atoms with E-state index in [1.165, 1.54) is 19.2 Å². The predicted molar refractivity (Wildman–Crippen MR) is 99.5 cm³/mol. The van der Waals surface area contributed by atoms with Crippen LogP contribution in [0.1, 0.15) is 11.1 Å². The third-order valence-electron chi connectivity index (χ3n) is 4.70. The molecular formula is C21H16FNO5. The van der Waals surface area contributed by atoms with Crippen molar-refractivity contribution in [1.29, 1.82) is 0 Å². The standard InChI is InChI=1S/C21H16FNO5/c1-27-17-4-2-3-16-18(17)14(19(24)15-11-28-21(26)20(15)25)10-23(16)9-12-5-7-13(22)8-6-12/h2-8,10,24H,9,11H2,1H3/b19-15-. The lowest BCUT2D eigenvalue weighted by molar-refractivity contribution is -0.146. The molecule has 4 rings (SSSR count). The number of aliphatic hydroxyl groups is 1. The van der Waals surface area contributed by atoms with Crippen molar-refractivity contribution in [3.05, 3.63) is 71.2 Å². The van der Waals surface area contributed by atoms with Crippen molar-refractivity contribution in [3.63, 3.8) is 0 Å². The topological polar surface area (TPSA) is 77.8 Å². The maximum atomic E-state index is 13.2. The lowest BCUT2D eigenvalue weighted by Gasteiger charge is -2.07. The Bertz CT molecular complexity index is 1130. The number of esters is 1. The maximum absolute atomic E-state index is 13.2. The van der Waals surface area contributed by atoms with E-state index in [1.807, 2.05) is 16.7 Å². The molecule has 7 heteroatoms. The summed E-state index contributed by atoms with van der Waals surface area (Å²) in [6, 6.07) is 11.5. The summed E-state index contributed by atoms with van der Waals surface area (Å²) in [6.07, 6.45) is 1.68. The summed E-state index contributed by atoms with van der Waals surface area (Å²) >= 11 is 0. The van der Waals surface area contributed by atoms with Crippen LogP contribution in [0.2, 0.25) is 0 Å². The molecule has 0 unspecified atom stereocenters. The first-order chi connectivity index (χ1) is 13.5. The first-order valence-corrected chi connectivity index (χ1v) is 8.54. The van der Waals surface area contributed by atoms with Gasteiger partial charge in [0.2, 0.25) is 0 Å². The highest BCUT2D eigenvalue weighted by atomic mass is 19.1. The Morgan fingerprint density at radius 1 is 1.21 bits per heavy atom. The number of hydrogen-bond acceptors (Lipinski definition) is 5. The average molecular weight is 381 g/mol. The lowest BCUT2D eigenvalue weighted by Crippen LogP contribution is -2.08. The Labute approximate surface area is 159 Å². The lowest BCUT2D eigenvalue weighted by atomic mass is 10.1. The van der Waals surface area contributed by atoms with E-state index in [2.05, 4.69) is 0 Å². The van der Waals surface area contributed by atoms with Gasteiger partial charge < -0.3 is 19.1 Å². The van der Waals surface area contributed by atoms with Gasteiger partial charge >= 0.3 is 5.97 Å². The Morgan fingerprint density at radius 3 is 2.61 bits per heavy atom. The quantitative estimate of drug-likeness (QED) is 0.325. The molecule has 142 valence electrons. The molecule has 0 bridgehead atoms. The van der Waals surface area contributed by atoms with Gasteiger partial charge in [0.15, 0.2) is 0 Å². The SMILES string of the molecule is COc1cccc2c1c(/C(O)=C1\COC(=O)C1=O)cn2Cc1ccc(F)cc1. The monoisotopic (exact) mass is 381 g/mol. The van der Waals surface area contributed by atoms with E-state index in [4.69, 9.17) is 9.47 Å². The van der Waals surface area contributed by atoms with E-state index in [1.54, 1.807) is 24.4 Å². The molecule has 0 atom stereocenters. The number of methoxy groups -OCH3 is 1. The van der Waals surface area contributed by atoms with Gasteiger partial charge in [-0.3, -0.25) is 4.79 Å². The van der Waals surface area contributed by atoms with Gasteiger partial charge in [-0.2, -0.15) is 0 Å². The molecule has 0 radical (unpaired) electrons. The fourth-order valence-electron chi connectivity index (χ4n) is 3.32. The number of ketones is 1. The molecule has 1 N–H and O–H groups in total. The molecule has 0 spiro atoms. The van der Waals surface area contributed by atoms with Gasteiger partial charge in [0, 0.05) is 18.3 Å². The molecule has 28 heavy (non-hydrogen) atoms. The van der Waals surface area contributed by atoms with E-state index >= 15 is 0 Å². The van der Waals surface area contributed by atoms with Crippen molar-refractivity contribution in [2.24, 2.45) is 0 Å². The molecule has 0 amide bonds. The smallest absolute Gasteiger partial charge is 0.379 e. The number of cyclic esters (lactones) is 1. The first kappa shape index (κ1) is 17.8. The second kappa shape index (κ2) is 6.84. The zero-order chi connectivity index (χ0) is 19.8. The van der Waals surface area contributed by atoms with Gasteiger partial charge in [-0.25, -0.2) is 9.18 Å². The van der Waals surface area contributed by atoms with E-state index in [0.29, 0.717) is 23.2 Å². The third-order valence-corrected chi connectivity index (χ3v) is 4.70. The molecule has 6 nitrogen and oxygen atoms in total. The van der Waals surface area contributed by atoms with Gasteiger partial charge in [-0.05, 0) is 29.8 Å². The normalized spacial score (nSPS) is 15.8. The van der Waals surface area contributed by atoms with E-state index in [-0.39, 0.29) is 23.8 Å². The Kier molecular flexibility index (Phi) is 4.35. The Balaban J connectivity index is 1.89. The fraction of sp³-hybridized carbons (Fsp3) is 0.143. The zero-order valence-corrected chi connectivity index (χ0v) is 14.9. The van der Waals surface area contributed by atoms with Gasteiger partial charge in [-0.15, -0.1) is 0 Å². The summed E-state index contributed by atoms with van der Waals surface area (Å²) in [5, 5.41) is 11.4. The molecular weight excluding hydrogens is 365 g/mol. The highest BCUT2D eigenvalue weighted by Crippen LogP contribution is 2.36. The van der Waals surface area contributed by atoms with Gasteiger partial charge in [0.05, 0.1) is 23.6 Å². The number of nitrogens with zero attached hydrogens (tertiary/aromatic N) is 1. The maximum Gasteiger partial charge on any atom is 0.379 e. The molecule has 1 aliphatic rings. The van der Waals surface area contributed by atoms with Gasteiger partial charge in [0.1, 0.15) is 23.9 Å². The molecule has 1 aromatic heterocycles. The number of hydrogen-bond donors (Lipinski definition) is 1. The number of carbonyl (C=O) groups is 2. The van der Waals surface area contributed by atoms with Crippen LogP contribution >= 0.6 is 0 Å². The molecule has 1 saturated heterocycles. The molecule has 0 saturated carbocycles. The van der Waals surface area contributed by atoms with Crippen LogP contribution in [0.5, 0.6) is 5.75 Å².